The lowest BCUT2D eigenvalue weighted by Crippen LogP contribution is -2.06. The number of hydrogen-bond donors (Lipinski definition) is 0. The summed E-state index contributed by atoms with van der Waals surface area (Å²) in [5.74, 6) is 2.29. The second-order valence-corrected chi connectivity index (χ2v) is 3.44. The smallest absolute Gasteiger partial charge is 0.127 e. The minimum atomic E-state index is 0.145. The first-order valence-corrected chi connectivity index (χ1v) is 5.14. The summed E-state index contributed by atoms with van der Waals surface area (Å²) < 4.78 is 16.2. The third-order valence-electron chi connectivity index (χ3n) is 1.77. The fraction of sp³-hybridized carbons (Fsp3) is 0.500. The number of ether oxygens (including phenoxy) is 3. The number of rotatable bonds is 5. The van der Waals surface area contributed by atoms with Crippen LogP contribution < -0.4 is 14.2 Å². The Kier molecular flexibility index (Phi) is 4.28. The van der Waals surface area contributed by atoms with Crippen LogP contribution in [-0.4, -0.2) is 19.8 Å². The first kappa shape index (κ1) is 11.7. The van der Waals surface area contributed by atoms with E-state index in [1.54, 1.807) is 7.11 Å². The Balaban J connectivity index is 2.89. The highest BCUT2D eigenvalue weighted by atomic mass is 16.5. The molecule has 84 valence electrons. The van der Waals surface area contributed by atoms with Gasteiger partial charge in [0.05, 0.1) is 19.8 Å². The van der Waals surface area contributed by atoms with Gasteiger partial charge in [-0.25, -0.2) is 0 Å². The first-order chi connectivity index (χ1) is 7.15. The first-order valence-electron chi connectivity index (χ1n) is 5.14. The Bertz CT molecular complexity index is 308. The Morgan fingerprint density at radius 2 is 1.67 bits per heavy atom. The normalized spacial score (nSPS) is 10.2. The fourth-order valence-electron chi connectivity index (χ4n) is 1.25. The lowest BCUT2D eigenvalue weighted by atomic mass is 10.3. The monoisotopic (exact) mass is 210 g/mol. The fourth-order valence-corrected chi connectivity index (χ4v) is 1.25. The molecule has 1 rings (SSSR count). The van der Waals surface area contributed by atoms with E-state index in [4.69, 9.17) is 14.2 Å². The van der Waals surface area contributed by atoms with E-state index in [2.05, 4.69) is 0 Å². The summed E-state index contributed by atoms with van der Waals surface area (Å²) >= 11 is 0. The van der Waals surface area contributed by atoms with E-state index in [0.717, 1.165) is 17.2 Å². The second kappa shape index (κ2) is 5.49. The lowest BCUT2D eigenvalue weighted by molar-refractivity contribution is 0.239. The van der Waals surface area contributed by atoms with Gasteiger partial charge in [-0.05, 0) is 20.8 Å². The van der Waals surface area contributed by atoms with Gasteiger partial charge in [0.1, 0.15) is 17.2 Å². The van der Waals surface area contributed by atoms with Crippen molar-refractivity contribution in [2.45, 2.75) is 26.9 Å². The molecular weight excluding hydrogens is 192 g/mol. The van der Waals surface area contributed by atoms with Crippen molar-refractivity contribution in [2.75, 3.05) is 13.7 Å². The Labute approximate surface area is 91.0 Å². The highest BCUT2D eigenvalue weighted by Gasteiger charge is 2.04. The maximum absolute atomic E-state index is 5.58. The standard InChI is InChI=1S/C12H18O3/c1-5-14-11-6-10(13-4)7-12(8-11)15-9(2)3/h6-9H,5H2,1-4H3. The minimum Gasteiger partial charge on any atom is -0.496 e. The lowest BCUT2D eigenvalue weighted by Gasteiger charge is -2.13. The molecule has 0 aliphatic rings. The molecule has 0 unspecified atom stereocenters. The highest BCUT2D eigenvalue weighted by Crippen LogP contribution is 2.28. The zero-order valence-corrected chi connectivity index (χ0v) is 9.74. The molecule has 0 aromatic heterocycles. The van der Waals surface area contributed by atoms with Crippen molar-refractivity contribution in [1.82, 2.24) is 0 Å². The number of benzene rings is 1. The van der Waals surface area contributed by atoms with Gasteiger partial charge in [0, 0.05) is 18.2 Å². The third kappa shape index (κ3) is 3.70. The van der Waals surface area contributed by atoms with Gasteiger partial charge in [-0.3, -0.25) is 0 Å². The molecule has 0 radical (unpaired) electrons. The van der Waals surface area contributed by atoms with Gasteiger partial charge in [0.15, 0.2) is 0 Å². The molecule has 0 heterocycles. The van der Waals surface area contributed by atoms with E-state index in [0.29, 0.717) is 6.61 Å². The molecule has 0 saturated carbocycles. The van der Waals surface area contributed by atoms with Crippen molar-refractivity contribution in [3.63, 3.8) is 0 Å². The molecule has 3 heteroatoms. The summed E-state index contributed by atoms with van der Waals surface area (Å²) in [5, 5.41) is 0. The average Bonchev–Trinajstić information content (AvgIpc) is 2.16. The van der Waals surface area contributed by atoms with E-state index in [1.165, 1.54) is 0 Å². The molecule has 0 atom stereocenters. The van der Waals surface area contributed by atoms with Crippen molar-refractivity contribution in [3.05, 3.63) is 18.2 Å². The van der Waals surface area contributed by atoms with Gasteiger partial charge < -0.3 is 14.2 Å². The van der Waals surface area contributed by atoms with E-state index >= 15 is 0 Å². The van der Waals surface area contributed by atoms with Gasteiger partial charge in [0.2, 0.25) is 0 Å². The van der Waals surface area contributed by atoms with Crippen LogP contribution in [0.15, 0.2) is 18.2 Å². The molecule has 0 saturated heterocycles. The van der Waals surface area contributed by atoms with Crippen LogP contribution in [0, 0.1) is 0 Å². The van der Waals surface area contributed by atoms with E-state index in [1.807, 2.05) is 39.0 Å². The largest absolute Gasteiger partial charge is 0.496 e. The van der Waals surface area contributed by atoms with Crippen LogP contribution in [0.1, 0.15) is 20.8 Å². The van der Waals surface area contributed by atoms with Crippen LogP contribution in [0.5, 0.6) is 17.2 Å². The van der Waals surface area contributed by atoms with Crippen LogP contribution in [0.3, 0.4) is 0 Å². The van der Waals surface area contributed by atoms with Crippen molar-refractivity contribution < 1.29 is 14.2 Å². The molecule has 15 heavy (non-hydrogen) atoms. The van der Waals surface area contributed by atoms with Crippen LogP contribution in [-0.2, 0) is 0 Å². The molecule has 0 amide bonds. The molecule has 0 fully saturated rings. The summed E-state index contributed by atoms with van der Waals surface area (Å²) in [4.78, 5) is 0. The molecule has 1 aromatic carbocycles. The SMILES string of the molecule is CCOc1cc(OC)cc(OC(C)C)c1. The summed E-state index contributed by atoms with van der Waals surface area (Å²) in [6.07, 6.45) is 0.145. The maximum atomic E-state index is 5.58. The van der Waals surface area contributed by atoms with Gasteiger partial charge in [-0.1, -0.05) is 0 Å². The summed E-state index contributed by atoms with van der Waals surface area (Å²) in [5.41, 5.74) is 0. The van der Waals surface area contributed by atoms with Crippen LogP contribution >= 0.6 is 0 Å². The van der Waals surface area contributed by atoms with Crippen molar-refractivity contribution in [2.24, 2.45) is 0 Å². The van der Waals surface area contributed by atoms with Crippen molar-refractivity contribution in [3.8, 4) is 17.2 Å². The Morgan fingerprint density at radius 3 is 2.20 bits per heavy atom. The predicted octanol–water partition coefficient (Wildman–Crippen LogP) is 2.88. The second-order valence-electron chi connectivity index (χ2n) is 3.44. The van der Waals surface area contributed by atoms with Gasteiger partial charge in [0.25, 0.3) is 0 Å². The van der Waals surface area contributed by atoms with Crippen LogP contribution in [0.25, 0.3) is 0 Å². The number of methoxy groups -OCH3 is 1. The van der Waals surface area contributed by atoms with Crippen molar-refractivity contribution >= 4 is 0 Å². The van der Waals surface area contributed by atoms with E-state index in [-0.39, 0.29) is 6.10 Å². The summed E-state index contributed by atoms with van der Waals surface area (Å²) in [7, 11) is 1.63. The Morgan fingerprint density at radius 1 is 1.07 bits per heavy atom. The molecule has 0 aliphatic carbocycles. The van der Waals surface area contributed by atoms with Crippen LogP contribution in [0.4, 0.5) is 0 Å². The summed E-state index contributed by atoms with van der Waals surface area (Å²) in [6.45, 7) is 6.55. The highest BCUT2D eigenvalue weighted by molar-refractivity contribution is 5.42. The van der Waals surface area contributed by atoms with Crippen molar-refractivity contribution in [1.29, 1.82) is 0 Å². The molecule has 0 N–H and O–H groups in total. The van der Waals surface area contributed by atoms with Crippen LogP contribution in [0.2, 0.25) is 0 Å². The van der Waals surface area contributed by atoms with E-state index in [9.17, 15) is 0 Å². The molecule has 3 nitrogen and oxygen atoms in total. The van der Waals surface area contributed by atoms with E-state index < -0.39 is 0 Å². The minimum absolute atomic E-state index is 0.145. The quantitative estimate of drug-likeness (QED) is 0.748. The predicted molar refractivity (Wildman–Crippen MR) is 59.9 cm³/mol. The molecule has 0 aliphatic heterocycles. The van der Waals surface area contributed by atoms with Gasteiger partial charge in [-0.2, -0.15) is 0 Å². The number of hydrogen-bond acceptors (Lipinski definition) is 3. The third-order valence-corrected chi connectivity index (χ3v) is 1.77. The topological polar surface area (TPSA) is 27.7 Å². The summed E-state index contributed by atoms with van der Waals surface area (Å²) in [6, 6.07) is 5.56. The molecule has 1 aromatic rings. The maximum Gasteiger partial charge on any atom is 0.127 e. The van der Waals surface area contributed by atoms with Gasteiger partial charge in [-0.15, -0.1) is 0 Å². The Hall–Kier alpha value is -1.38. The molecule has 0 bridgehead atoms. The molecule has 0 spiro atoms. The molecular formula is C12H18O3. The zero-order valence-electron chi connectivity index (χ0n) is 9.74. The van der Waals surface area contributed by atoms with Gasteiger partial charge >= 0.3 is 0 Å². The average molecular weight is 210 g/mol. The zero-order chi connectivity index (χ0) is 11.3.